The maximum atomic E-state index is 6.61. The van der Waals surface area contributed by atoms with E-state index in [4.69, 9.17) is 19.4 Å². The number of aliphatic imine (C=N–C) groups is 3. The van der Waals surface area contributed by atoms with Crippen molar-refractivity contribution in [2.24, 2.45) is 15.0 Å². The normalized spacial score (nSPS) is 20.6. The van der Waals surface area contributed by atoms with Crippen LogP contribution in [0.4, 0.5) is 0 Å². The molecule has 12 rings (SSSR count). The smallest absolute Gasteiger partial charge is 0.159 e. The summed E-state index contributed by atoms with van der Waals surface area (Å²) in [5, 5.41) is 11.6. The molecule has 1 aromatic heterocycles. The van der Waals surface area contributed by atoms with Crippen LogP contribution >= 0.6 is 0 Å². The number of nitrogens with one attached hydrogen (secondary N) is 3. The maximum Gasteiger partial charge on any atom is 0.159 e. The lowest BCUT2D eigenvalue weighted by atomic mass is 9.85. The lowest BCUT2D eigenvalue weighted by Crippen LogP contribution is -2.45. The molecule has 0 bridgehead atoms. The van der Waals surface area contributed by atoms with Crippen molar-refractivity contribution in [3.63, 3.8) is 0 Å². The number of hydrogen-bond acceptors (Lipinski definition) is 7. The number of furan rings is 1. The minimum Gasteiger partial charge on any atom is -0.465 e. The molecule has 0 saturated carbocycles. The molecular weight excluding hydrogens is 821 g/mol. The fraction of sp³-hybridized carbons (Fsp3) is 0.150. The monoisotopic (exact) mass is 870 g/mol. The van der Waals surface area contributed by atoms with Crippen molar-refractivity contribution in [1.29, 1.82) is 0 Å². The fourth-order valence-corrected chi connectivity index (χ4v) is 9.94. The summed E-state index contributed by atoms with van der Waals surface area (Å²) < 4.78 is 6.61. The van der Waals surface area contributed by atoms with Crippen LogP contribution in [-0.2, 0) is 12.8 Å². The molecule has 7 aromatic rings. The zero-order chi connectivity index (χ0) is 44.5. The number of benzene rings is 6. The molecular formula is C60H50N6O. The van der Waals surface area contributed by atoms with Crippen LogP contribution in [0.15, 0.2) is 208 Å². The van der Waals surface area contributed by atoms with Gasteiger partial charge in [-0.15, -0.1) is 0 Å². The summed E-state index contributed by atoms with van der Waals surface area (Å²) in [6, 6.07) is 55.7. The van der Waals surface area contributed by atoms with Crippen LogP contribution in [0.2, 0.25) is 0 Å². The van der Waals surface area contributed by atoms with Gasteiger partial charge in [0.1, 0.15) is 41.7 Å². The van der Waals surface area contributed by atoms with Crippen LogP contribution in [0.3, 0.4) is 0 Å². The number of amidine groups is 3. The molecule has 3 N–H and O–H groups in total. The molecule has 4 atom stereocenters. The van der Waals surface area contributed by atoms with Gasteiger partial charge in [-0.2, -0.15) is 0 Å². The van der Waals surface area contributed by atoms with E-state index in [0.717, 1.165) is 105 Å². The molecule has 7 heteroatoms. The quantitative estimate of drug-likeness (QED) is 0.135. The van der Waals surface area contributed by atoms with Crippen molar-refractivity contribution in [1.82, 2.24) is 16.0 Å². The summed E-state index contributed by atoms with van der Waals surface area (Å²) in [4.78, 5) is 16.1. The van der Waals surface area contributed by atoms with E-state index in [1.165, 1.54) is 22.3 Å². The zero-order valence-electron chi connectivity index (χ0n) is 37.1. The van der Waals surface area contributed by atoms with E-state index in [-0.39, 0.29) is 24.4 Å². The van der Waals surface area contributed by atoms with Gasteiger partial charge in [-0.1, -0.05) is 170 Å². The van der Waals surface area contributed by atoms with E-state index in [9.17, 15) is 0 Å². The first-order valence-corrected chi connectivity index (χ1v) is 23.6. The lowest BCUT2D eigenvalue weighted by Gasteiger charge is -2.33. The number of allylic oxidation sites excluding steroid dienone is 6. The molecule has 0 amide bonds. The van der Waals surface area contributed by atoms with E-state index in [1.807, 2.05) is 18.2 Å². The summed E-state index contributed by atoms with van der Waals surface area (Å²) >= 11 is 0. The molecule has 6 aromatic carbocycles. The summed E-state index contributed by atoms with van der Waals surface area (Å²) in [7, 11) is 0. The Labute approximate surface area is 391 Å². The lowest BCUT2D eigenvalue weighted by molar-refractivity contribution is 0.409. The molecule has 3 aliphatic carbocycles. The molecule has 2 aliphatic heterocycles. The van der Waals surface area contributed by atoms with Gasteiger partial charge in [-0.05, 0) is 94.1 Å². The Hall–Kier alpha value is -7.87. The van der Waals surface area contributed by atoms with Gasteiger partial charge >= 0.3 is 0 Å². The molecule has 0 radical (unpaired) electrons. The maximum absolute atomic E-state index is 6.61. The van der Waals surface area contributed by atoms with Gasteiger partial charge < -0.3 is 15.1 Å². The standard InChI is InChI=1S/C60H50N6O/c1-5-17-39(18-6-1)43-25-15-27-46(33-43)57-61-55(41-21-9-3-10-22-41)63-59(65-57)49-35-48(45-31-32-52-51-29-13-14-30-53(51)67-54(52)38-45)36-50(37-49)60-64-56(42-23-11-4-12-24-42)62-58(66-60)47-28-16-26-44(34-47)40-19-7-2-8-20-40/h1,3-7,9-13,15-29,31-37,45,56-58,62H,2,8,14,30,38H2,(H,64,66)(H,61,63,65). The molecule has 3 heterocycles. The summed E-state index contributed by atoms with van der Waals surface area (Å²) in [5.41, 5.74) is 14.5. The van der Waals surface area contributed by atoms with Crippen molar-refractivity contribution in [2.45, 2.75) is 56.5 Å². The number of fused-ring (bicyclic) bond motifs is 3. The van der Waals surface area contributed by atoms with Gasteiger partial charge in [0.15, 0.2) is 5.84 Å². The van der Waals surface area contributed by atoms with Gasteiger partial charge in [0.25, 0.3) is 0 Å². The third-order valence-corrected chi connectivity index (χ3v) is 13.4. The minimum atomic E-state index is -0.388. The Balaban J connectivity index is 0.981. The van der Waals surface area contributed by atoms with Gasteiger partial charge in [-0.3, -0.25) is 5.32 Å². The molecule has 4 unspecified atom stereocenters. The average molecular weight is 871 g/mol. The fourth-order valence-electron chi connectivity index (χ4n) is 9.94. The molecule has 67 heavy (non-hydrogen) atoms. The molecule has 0 fully saturated rings. The van der Waals surface area contributed by atoms with Crippen molar-refractivity contribution in [3.05, 3.63) is 255 Å². The first kappa shape index (κ1) is 40.6. The highest BCUT2D eigenvalue weighted by Gasteiger charge is 2.30. The molecule has 326 valence electrons. The van der Waals surface area contributed by atoms with E-state index in [0.29, 0.717) is 5.84 Å². The van der Waals surface area contributed by atoms with Crippen molar-refractivity contribution >= 4 is 35.2 Å². The van der Waals surface area contributed by atoms with Crippen LogP contribution in [0.5, 0.6) is 0 Å². The second kappa shape index (κ2) is 17.8. The van der Waals surface area contributed by atoms with Gasteiger partial charge in [0, 0.05) is 46.6 Å². The van der Waals surface area contributed by atoms with E-state index < -0.39 is 0 Å². The van der Waals surface area contributed by atoms with Crippen LogP contribution in [0, 0.1) is 0 Å². The molecule has 7 nitrogen and oxygen atoms in total. The topological polar surface area (TPSA) is 86.3 Å². The van der Waals surface area contributed by atoms with Crippen LogP contribution in [0.25, 0.3) is 28.9 Å². The molecule has 0 saturated heterocycles. The first-order chi connectivity index (χ1) is 33.1. The number of hydrogen-bond donors (Lipinski definition) is 3. The summed E-state index contributed by atoms with van der Waals surface area (Å²) in [5.74, 6) is 4.43. The number of aryl methyl sites for hydroxylation is 1. The van der Waals surface area contributed by atoms with Gasteiger partial charge in [-0.25, -0.2) is 15.0 Å². The van der Waals surface area contributed by atoms with E-state index in [1.54, 1.807) is 0 Å². The van der Waals surface area contributed by atoms with Crippen LogP contribution in [-0.4, -0.2) is 17.5 Å². The predicted octanol–water partition coefficient (Wildman–Crippen LogP) is 12.8. The Morgan fingerprint density at radius 3 is 1.96 bits per heavy atom. The highest BCUT2D eigenvalue weighted by molar-refractivity contribution is 6.14. The second-order valence-electron chi connectivity index (χ2n) is 17.8. The average Bonchev–Trinajstić information content (AvgIpc) is 3.80. The van der Waals surface area contributed by atoms with Crippen LogP contribution in [0.1, 0.15) is 111 Å². The minimum absolute atomic E-state index is 0.0594. The number of rotatable bonds is 9. The largest absolute Gasteiger partial charge is 0.465 e. The summed E-state index contributed by atoms with van der Waals surface area (Å²) in [6.45, 7) is 0. The first-order valence-electron chi connectivity index (χ1n) is 23.6. The second-order valence-corrected chi connectivity index (χ2v) is 17.8. The van der Waals surface area contributed by atoms with Crippen molar-refractivity contribution in [2.75, 3.05) is 0 Å². The van der Waals surface area contributed by atoms with Crippen LogP contribution < -0.4 is 16.0 Å². The Bertz CT molecular complexity index is 3210. The SMILES string of the molecule is C1=CC(c2cccc(C3NC(c4cc(C5=NC(c6ccccc6)=NC(c6cccc(-c7ccccc7)c6)N5)cc(C5C=Cc6c(oc7c6C=CCC7)C5)c4)=NC(c4ccccc4)N3)c2)=CCC1. The third kappa shape index (κ3) is 8.35. The van der Waals surface area contributed by atoms with E-state index in [2.05, 4.69) is 198 Å². The van der Waals surface area contributed by atoms with Crippen molar-refractivity contribution in [3.8, 4) is 11.1 Å². The Morgan fingerprint density at radius 1 is 0.478 bits per heavy atom. The summed E-state index contributed by atoms with van der Waals surface area (Å²) in [6.07, 6.45) is 19.9. The Kier molecular flexibility index (Phi) is 10.8. The molecule has 5 aliphatic rings. The van der Waals surface area contributed by atoms with Gasteiger partial charge in [0.2, 0.25) is 0 Å². The highest BCUT2D eigenvalue weighted by atomic mass is 16.3. The van der Waals surface area contributed by atoms with E-state index >= 15 is 0 Å². The number of nitrogens with zero attached hydrogens (tertiary/aromatic N) is 3. The highest BCUT2D eigenvalue weighted by Crippen LogP contribution is 2.39. The molecule has 0 spiro atoms. The third-order valence-electron chi connectivity index (χ3n) is 13.4. The predicted molar refractivity (Wildman–Crippen MR) is 273 cm³/mol. The Morgan fingerprint density at radius 2 is 1.15 bits per heavy atom. The zero-order valence-corrected chi connectivity index (χ0v) is 37.1. The van der Waals surface area contributed by atoms with Crippen molar-refractivity contribution < 1.29 is 4.42 Å². The van der Waals surface area contributed by atoms with Gasteiger partial charge in [0.05, 0.1) is 0 Å².